The van der Waals surface area contributed by atoms with Gasteiger partial charge in [-0.2, -0.15) is 0 Å². The minimum Gasteiger partial charge on any atom is -0.497 e. The van der Waals surface area contributed by atoms with Crippen LogP contribution < -0.4 is 10.1 Å². The topological polar surface area (TPSA) is 85.4 Å². The molecule has 0 bridgehead atoms. The van der Waals surface area contributed by atoms with Gasteiger partial charge in [0, 0.05) is 17.7 Å². The van der Waals surface area contributed by atoms with E-state index in [-0.39, 0.29) is 24.0 Å². The van der Waals surface area contributed by atoms with Gasteiger partial charge in [0.2, 0.25) is 0 Å². The van der Waals surface area contributed by atoms with Crippen LogP contribution in [0, 0.1) is 0 Å². The number of carbonyl (C=O) groups excluding carboxylic acids is 1. The van der Waals surface area contributed by atoms with Gasteiger partial charge in [0.05, 0.1) is 29.6 Å². The largest absolute Gasteiger partial charge is 0.497 e. The maximum Gasteiger partial charge on any atom is 0.252 e. The fourth-order valence-corrected chi connectivity index (χ4v) is 4.69. The predicted octanol–water partition coefficient (Wildman–Crippen LogP) is 3.89. The molecule has 4 rings (SSSR count). The van der Waals surface area contributed by atoms with Crippen molar-refractivity contribution in [3.63, 3.8) is 0 Å². The third-order valence-corrected chi connectivity index (χ3v) is 7.47. The lowest BCUT2D eigenvalue weighted by molar-refractivity contribution is 0.0957. The van der Waals surface area contributed by atoms with Crippen LogP contribution in [0.4, 0.5) is 0 Å². The SMILES string of the molecule is CCS(=O)(=O)CCNC(=O)c1c2c(nc3ccccc13)/C(=C/c1ccc(OC)cc1)CC2. The molecule has 3 aromatic rings. The van der Waals surface area contributed by atoms with Crippen LogP contribution in [0.25, 0.3) is 22.6 Å². The van der Waals surface area contributed by atoms with Gasteiger partial charge >= 0.3 is 0 Å². The lowest BCUT2D eigenvalue weighted by Crippen LogP contribution is -2.30. The third kappa shape index (κ3) is 4.53. The van der Waals surface area contributed by atoms with Crippen molar-refractivity contribution in [1.82, 2.24) is 10.3 Å². The monoisotopic (exact) mass is 450 g/mol. The standard InChI is InChI=1S/C25H26N2O4S/c1-3-32(29,30)15-14-26-25(28)23-20-6-4-5-7-22(20)27-24-18(10-13-21(23)24)16-17-8-11-19(31-2)12-9-17/h4-9,11-12,16H,3,10,13-15H2,1-2H3,(H,26,28)/b18-16+. The lowest BCUT2D eigenvalue weighted by atomic mass is 10.00. The Kier molecular flexibility index (Phi) is 6.28. The van der Waals surface area contributed by atoms with E-state index in [1.54, 1.807) is 14.0 Å². The number of pyridine rings is 1. The summed E-state index contributed by atoms with van der Waals surface area (Å²) in [4.78, 5) is 18.0. The number of methoxy groups -OCH3 is 1. The molecule has 0 saturated carbocycles. The molecule has 0 saturated heterocycles. The van der Waals surface area contributed by atoms with E-state index >= 15 is 0 Å². The molecule has 6 nitrogen and oxygen atoms in total. The molecule has 0 aliphatic heterocycles. The van der Waals surface area contributed by atoms with Crippen LogP contribution in [0.2, 0.25) is 0 Å². The number of para-hydroxylation sites is 1. The second-order valence-corrected chi connectivity index (χ2v) is 10.2. The predicted molar refractivity (Wildman–Crippen MR) is 128 cm³/mol. The Morgan fingerprint density at radius 2 is 1.88 bits per heavy atom. The first-order valence-corrected chi connectivity index (χ1v) is 12.5. The highest BCUT2D eigenvalue weighted by Crippen LogP contribution is 2.37. The van der Waals surface area contributed by atoms with E-state index in [4.69, 9.17) is 9.72 Å². The summed E-state index contributed by atoms with van der Waals surface area (Å²) < 4.78 is 28.8. The molecule has 1 heterocycles. The Balaban J connectivity index is 1.71. The molecule has 166 valence electrons. The minimum absolute atomic E-state index is 0.0654. The Morgan fingerprint density at radius 3 is 2.59 bits per heavy atom. The molecule has 0 fully saturated rings. The Hall–Kier alpha value is -3.19. The first kappa shape index (κ1) is 22.0. The number of nitrogens with one attached hydrogen (secondary N) is 1. The number of carbonyl (C=O) groups is 1. The zero-order valence-electron chi connectivity index (χ0n) is 18.2. The number of sulfone groups is 1. The van der Waals surface area contributed by atoms with Gasteiger partial charge in [0.1, 0.15) is 5.75 Å². The molecular weight excluding hydrogens is 424 g/mol. The number of ether oxygens (including phenoxy) is 1. The summed E-state index contributed by atoms with van der Waals surface area (Å²) in [6.45, 7) is 1.70. The molecule has 0 atom stereocenters. The van der Waals surface area contributed by atoms with Gasteiger partial charge in [-0.1, -0.05) is 37.3 Å². The zero-order chi connectivity index (χ0) is 22.7. The summed E-state index contributed by atoms with van der Waals surface area (Å²) in [5, 5.41) is 3.59. The van der Waals surface area contributed by atoms with Gasteiger partial charge < -0.3 is 10.1 Å². The van der Waals surface area contributed by atoms with Crippen molar-refractivity contribution in [3.8, 4) is 5.75 Å². The first-order valence-electron chi connectivity index (χ1n) is 10.7. The molecular formula is C25H26N2O4S. The average Bonchev–Trinajstić information content (AvgIpc) is 3.19. The third-order valence-electron chi connectivity index (χ3n) is 5.76. The Morgan fingerprint density at radius 1 is 1.12 bits per heavy atom. The van der Waals surface area contributed by atoms with Gasteiger partial charge in [0.25, 0.3) is 5.91 Å². The van der Waals surface area contributed by atoms with Crippen LogP contribution >= 0.6 is 0 Å². The number of allylic oxidation sites excluding steroid dienone is 1. The van der Waals surface area contributed by atoms with Gasteiger partial charge in [-0.05, 0) is 53.8 Å². The van der Waals surface area contributed by atoms with Gasteiger partial charge in [-0.15, -0.1) is 0 Å². The molecule has 2 aromatic carbocycles. The van der Waals surface area contributed by atoms with Crippen LogP contribution in [0.15, 0.2) is 48.5 Å². The average molecular weight is 451 g/mol. The molecule has 32 heavy (non-hydrogen) atoms. The fourth-order valence-electron chi connectivity index (χ4n) is 3.99. The fraction of sp³-hybridized carbons (Fsp3) is 0.280. The number of hydrogen-bond donors (Lipinski definition) is 1. The minimum atomic E-state index is -3.14. The van der Waals surface area contributed by atoms with E-state index in [1.807, 2.05) is 48.5 Å². The van der Waals surface area contributed by atoms with Gasteiger partial charge in [-0.3, -0.25) is 4.79 Å². The maximum atomic E-state index is 13.2. The molecule has 1 aliphatic carbocycles. The second-order valence-electron chi connectivity index (χ2n) is 7.77. The maximum absolute atomic E-state index is 13.2. The summed E-state index contributed by atoms with van der Waals surface area (Å²) in [5.41, 5.74) is 5.22. The first-order chi connectivity index (χ1) is 15.4. The van der Waals surface area contributed by atoms with E-state index in [1.165, 1.54) is 0 Å². The molecule has 1 amide bonds. The van der Waals surface area contributed by atoms with Crippen molar-refractivity contribution < 1.29 is 17.9 Å². The quantitative estimate of drug-likeness (QED) is 0.590. The number of benzene rings is 2. The van der Waals surface area contributed by atoms with Crippen LogP contribution in [0.3, 0.4) is 0 Å². The normalized spacial score (nSPS) is 14.5. The van der Waals surface area contributed by atoms with E-state index in [0.717, 1.165) is 45.5 Å². The van der Waals surface area contributed by atoms with Crippen molar-refractivity contribution >= 4 is 38.3 Å². The number of fused-ring (bicyclic) bond motifs is 2. The Labute approximate surface area is 188 Å². The molecule has 1 aliphatic rings. The number of aromatic nitrogens is 1. The molecule has 1 aromatic heterocycles. The van der Waals surface area contributed by atoms with Gasteiger partial charge in [-0.25, -0.2) is 13.4 Å². The van der Waals surface area contributed by atoms with Crippen molar-refractivity contribution in [2.75, 3.05) is 25.2 Å². The molecule has 7 heteroatoms. The number of nitrogens with zero attached hydrogens (tertiary/aromatic N) is 1. The van der Waals surface area contributed by atoms with Crippen molar-refractivity contribution in [2.45, 2.75) is 19.8 Å². The smallest absolute Gasteiger partial charge is 0.252 e. The van der Waals surface area contributed by atoms with Crippen LogP contribution in [0.1, 0.15) is 40.5 Å². The van der Waals surface area contributed by atoms with Gasteiger partial charge in [0.15, 0.2) is 9.84 Å². The van der Waals surface area contributed by atoms with E-state index < -0.39 is 9.84 Å². The van der Waals surface area contributed by atoms with Crippen molar-refractivity contribution in [1.29, 1.82) is 0 Å². The van der Waals surface area contributed by atoms with E-state index in [0.29, 0.717) is 12.0 Å². The Bertz CT molecular complexity index is 1300. The summed E-state index contributed by atoms with van der Waals surface area (Å²) in [7, 11) is -1.51. The highest BCUT2D eigenvalue weighted by atomic mass is 32.2. The van der Waals surface area contributed by atoms with Crippen molar-refractivity contribution in [3.05, 3.63) is 70.9 Å². The van der Waals surface area contributed by atoms with E-state index in [9.17, 15) is 13.2 Å². The molecule has 0 radical (unpaired) electrons. The van der Waals surface area contributed by atoms with Crippen LogP contribution in [0.5, 0.6) is 5.75 Å². The number of hydrogen-bond acceptors (Lipinski definition) is 5. The lowest BCUT2D eigenvalue weighted by Gasteiger charge is -2.13. The zero-order valence-corrected chi connectivity index (χ0v) is 19.0. The van der Waals surface area contributed by atoms with E-state index in [2.05, 4.69) is 11.4 Å². The summed E-state index contributed by atoms with van der Waals surface area (Å²) in [5.74, 6) is 0.544. The van der Waals surface area contributed by atoms with Crippen LogP contribution in [-0.2, 0) is 16.3 Å². The molecule has 0 spiro atoms. The summed E-state index contributed by atoms with van der Waals surface area (Å²) in [6.07, 6.45) is 3.60. The second kappa shape index (κ2) is 9.12. The van der Waals surface area contributed by atoms with Crippen molar-refractivity contribution in [2.24, 2.45) is 0 Å². The van der Waals surface area contributed by atoms with Crippen LogP contribution in [-0.4, -0.2) is 44.5 Å². The summed E-state index contributed by atoms with van der Waals surface area (Å²) in [6, 6.07) is 15.4. The highest BCUT2D eigenvalue weighted by Gasteiger charge is 2.26. The highest BCUT2D eigenvalue weighted by molar-refractivity contribution is 7.91. The molecule has 1 N–H and O–H groups in total. The molecule has 0 unspecified atom stereocenters. The number of amides is 1. The number of rotatable bonds is 7. The summed E-state index contributed by atoms with van der Waals surface area (Å²) >= 11 is 0.